The maximum Gasteiger partial charge on any atom is 0.154 e. The zero-order chi connectivity index (χ0) is 28.6. The van der Waals surface area contributed by atoms with Crippen LogP contribution in [0.1, 0.15) is 22.5 Å². The molecule has 4 heterocycles. The van der Waals surface area contributed by atoms with Crippen LogP contribution in [0.3, 0.4) is 0 Å². The van der Waals surface area contributed by atoms with Crippen molar-refractivity contribution in [3.8, 4) is 22.5 Å². The van der Waals surface area contributed by atoms with Gasteiger partial charge in [-0.25, -0.2) is 0 Å². The van der Waals surface area contributed by atoms with Gasteiger partial charge in [-0.2, -0.15) is 0 Å². The Kier molecular flexibility index (Phi) is 7.34. The van der Waals surface area contributed by atoms with Crippen LogP contribution in [0.5, 0.6) is 0 Å². The lowest BCUT2D eigenvalue weighted by atomic mass is 10.00. The first-order chi connectivity index (χ1) is 20.5. The van der Waals surface area contributed by atoms with Gasteiger partial charge in [-0.15, -0.1) is 0 Å². The molecule has 0 spiro atoms. The number of hydrogen-bond donors (Lipinski definition) is 0. The summed E-state index contributed by atoms with van der Waals surface area (Å²) in [5.41, 5.74) is 10.4. The number of anilines is 2. The van der Waals surface area contributed by atoms with E-state index in [1.165, 1.54) is 37.2 Å². The third-order valence-electron chi connectivity index (χ3n) is 8.45. The molecule has 5 nitrogen and oxygen atoms in total. The fourth-order valence-corrected chi connectivity index (χ4v) is 6.44. The second kappa shape index (κ2) is 11.4. The van der Waals surface area contributed by atoms with Gasteiger partial charge in [-0.05, 0) is 88.8 Å². The fraction of sp³-hybridized carbons (Fsp3) is 0.194. The monoisotopic (exact) mass is 664 g/mol. The molecule has 2 aromatic heterocycles. The fourth-order valence-electron chi connectivity index (χ4n) is 6.08. The number of piperazine rings is 1. The minimum Gasteiger partial charge on any atom is -0.454 e. The maximum atomic E-state index is 6.63. The van der Waals surface area contributed by atoms with Gasteiger partial charge in [0.2, 0.25) is 0 Å². The summed E-state index contributed by atoms with van der Waals surface area (Å²) in [5.74, 6) is 1.74. The second-order valence-corrected chi connectivity index (χ2v) is 12.4. The maximum absolute atomic E-state index is 6.63. The molecule has 6 heteroatoms. The lowest BCUT2D eigenvalue weighted by Crippen LogP contribution is -2.44. The molecule has 3 aromatic carbocycles. The number of benzene rings is 3. The van der Waals surface area contributed by atoms with Gasteiger partial charge < -0.3 is 19.1 Å². The Labute approximate surface area is 261 Å². The lowest BCUT2D eigenvalue weighted by molar-refractivity contribution is 0.313. The standard InChI is InChI=1S/C36H33IN4O/c1-25-36-30(22-35(42-36)26-9-11-31(37)12-10-26)20-29-21-32(40-18-16-39(2)17-19-40)13-14-34(29)41(25)24-28-6-3-4-8-33(28)27-7-5-15-38-23-27/h3-15,21-23H,1,16-20,24H2,2H3. The van der Waals surface area contributed by atoms with Crippen molar-refractivity contribution in [3.05, 3.63) is 130 Å². The average molecular weight is 665 g/mol. The topological polar surface area (TPSA) is 35.8 Å². The zero-order valence-corrected chi connectivity index (χ0v) is 25.9. The quantitative estimate of drug-likeness (QED) is 0.178. The van der Waals surface area contributed by atoms with Crippen LogP contribution >= 0.6 is 22.6 Å². The number of nitrogens with zero attached hydrogens (tertiary/aromatic N) is 4. The summed E-state index contributed by atoms with van der Waals surface area (Å²) >= 11 is 2.34. The first-order valence-electron chi connectivity index (χ1n) is 14.4. The van der Waals surface area contributed by atoms with Crippen LogP contribution in [0.2, 0.25) is 0 Å². The molecule has 1 saturated heterocycles. The molecule has 5 aromatic rings. The van der Waals surface area contributed by atoms with E-state index < -0.39 is 0 Å². The lowest BCUT2D eigenvalue weighted by Gasteiger charge is -2.35. The Bertz CT molecular complexity index is 1740. The molecule has 0 saturated carbocycles. The summed E-state index contributed by atoms with van der Waals surface area (Å²) in [4.78, 5) is 11.6. The van der Waals surface area contributed by atoms with Crippen LogP contribution in [0.25, 0.3) is 28.1 Å². The average Bonchev–Trinajstić information content (AvgIpc) is 3.41. The number of fused-ring (bicyclic) bond motifs is 2. The highest BCUT2D eigenvalue weighted by molar-refractivity contribution is 14.1. The minimum atomic E-state index is 0.670. The summed E-state index contributed by atoms with van der Waals surface area (Å²) in [5, 5.41) is 0. The predicted octanol–water partition coefficient (Wildman–Crippen LogP) is 7.95. The Balaban J connectivity index is 1.32. The highest BCUT2D eigenvalue weighted by Crippen LogP contribution is 2.42. The molecule has 0 radical (unpaired) electrons. The molecule has 0 atom stereocenters. The van der Waals surface area contributed by atoms with Crippen molar-refractivity contribution < 1.29 is 4.42 Å². The van der Waals surface area contributed by atoms with Crippen LogP contribution in [-0.2, 0) is 13.0 Å². The summed E-state index contributed by atoms with van der Waals surface area (Å²) in [6.07, 6.45) is 4.55. The third-order valence-corrected chi connectivity index (χ3v) is 9.17. The molecule has 0 unspecified atom stereocenters. The van der Waals surface area contributed by atoms with Gasteiger partial charge in [0.25, 0.3) is 0 Å². The normalized spacial score (nSPS) is 15.3. The number of aromatic nitrogens is 1. The summed E-state index contributed by atoms with van der Waals surface area (Å²) < 4.78 is 7.83. The Morgan fingerprint density at radius 1 is 0.857 bits per heavy atom. The first-order valence-corrected chi connectivity index (χ1v) is 15.5. The molecule has 2 aliphatic rings. The second-order valence-electron chi connectivity index (χ2n) is 11.2. The Morgan fingerprint density at radius 2 is 1.67 bits per heavy atom. The van der Waals surface area contributed by atoms with Gasteiger partial charge in [0.15, 0.2) is 5.76 Å². The van der Waals surface area contributed by atoms with Crippen molar-refractivity contribution in [2.45, 2.75) is 13.0 Å². The van der Waals surface area contributed by atoms with Gasteiger partial charge in [0.1, 0.15) is 5.76 Å². The first kappa shape index (κ1) is 27.0. The summed E-state index contributed by atoms with van der Waals surface area (Å²) in [7, 11) is 2.20. The molecule has 42 heavy (non-hydrogen) atoms. The van der Waals surface area contributed by atoms with E-state index in [0.717, 1.165) is 60.9 Å². The molecule has 0 N–H and O–H groups in total. The van der Waals surface area contributed by atoms with E-state index >= 15 is 0 Å². The van der Waals surface area contributed by atoms with Crippen LogP contribution < -0.4 is 9.80 Å². The Morgan fingerprint density at radius 3 is 2.45 bits per heavy atom. The molecule has 2 aliphatic heterocycles. The molecular formula is C36H33IN4O. The van der Waals surface area contributed by atoms with Crippen molar-refractivity contribution in [3.63, 3.8) is 0 Å². The van der Waals surface area contributed by atoms with E-state index in [1.807, 2.05) is 18.5 Å². The van der Waals surface area contributed by atoms with Crippen molar-refractivity contribution >= 4 is 39.7 Å². The molecule has 0 aliphatic carbocycles. The van der Waals surface area contributed by atoms with Crippen LogP contribution in [0, 0.1) is 3.57 Å². The molecular weight excluding hydrogens is 631 g/mol. The highest BCUT2D eigenvalue weighted by Gasteiger charge is 2.28. The predicted molar refractivity (Wildman–Crippen MR) is 181 cm³/mol. The van der Waals surface area contributed by atoms with E-state index in [4.69, 9.17) is 4.42 Å². The molecule has 210 valence electrons. The smallest absolute Gasteiger partial charge is 0.154 e. The largest absolute Gasteiger partial charge is 0.454 e. The number of rotatable bonds is 5. The van der Waals surface area contributed by atoms with Gasteiger partial charge in [0.05, 0.1) is 5.70 Å². The van der Waals surface area contributed by atoms with Crippen LogP contribution in [0.15, 0.2) is 108 Å². The van der Waals surface area contributed by atoms with E-state index in [2.05, 4.69) is 135 Å². The van der Waals surface area contributed by atoms with Crippen molar-refractivity contribution in [1.29, 1.82) is 0 Å². The summed E-state index contributed by atoms with van der Waals surface area (Å²) in [6, 6.07) is 30.4. The van der Waals surface area contributed by atoms with Crippen molar-refractivity contribution in [2.75, 3.05) is 43.0 Å². The van der Waals surface area contributed by atoms with Gasteiger partial charge in [-0.3, -0.25) is 4.98 Å². The van der Waals surface area contributed by atoms with E-state index in [-0.39, 0.29) is 0 Å². The highest BCUT2D eigenvalue weighted by atomic mass is 127. The van der Waals surface area contributed by atoms with E-state index in [0.29, 0.717) is 6.54 Å². The number of furan rings is 1. The molecule has 0 amide bonds. The number of hydrogen-bond acceptors (Lipinski definition) is 5. The molecule has 7 rings (SSSR count). The van der Waals surface area contributed by atoms with Gasteiger partial charge in [-0.1, -0.05) is 49.0 Å². The third kappa shape index (κ3) is 5.25. The number of likely N-dealkylation sites (N-methyl/N-ethyl adjacent to an activating group) is 1. The van der Waals surface area contributed by atoms with Gasteiger partial charge >= 0.3 is 0 Å². The van der Waals surface area contributed by atoms with Crippen molar-refractivity contribution in [2.24, 2.45) is 0 Å². The Hall–Kier alpha value is -3.88. The van der Waals surface area contributed by atoms with Crippen LogP contribution in [0.4, 0.5) is 11.4 Å². The van der Waals surface area contributed by atoms with Gasteiger partial charge in [0, 0.05) is 83.2 Å². The number of halogens is 1. The summed E-state index contributed by atoms with van der Waals surface area (Å²) in [6.45, 7) is 9.55. The molecule has 0 bridgehead atoms. The van der Waals surface area contributed by atoms with E-state index in [1.54, 1.807) is 0 Å². The van der Waals surface area contributed by atoms with E-state index in [9.17, 15) is 0 Å². The van der Waals surface area contributed by atoms with Crippen LogP contribution in [-0.4, -0.2) is 43.1 Å². The zero-order valence-electron chi connectivity index (χ0n) is 23.8. The van der Waals surface area contributed by atoms with Crippen molar-refractivity contribution in [1.82, 2.24) is 9.88 Å². The number of pyridine rings is 1. The SMILES string of the molecule is C=C1c2oc(-c3ccc(I)cc3)cc2Cc2cc(N3CCN(C)CC3)ccc2N1Cc1ccccc1-c1cccnc1. The minimum absolute atomic E-state index is 0.670. The molecule has 1 fully saturated rings.